The Morgan fingerprint density at radius 3 is 2.71 bits per heavy atom. The largest absolute Gasteiger partial charge is 0.350 e. The van der Waals surface area contributed by atoms with Crippen molar-refractivity contribution in [3.05, 3.63) is 82.6 Å². The SMILES string of the molecule is O=C(NCCc1cccc(F)c1)c1c[nH]c(=S)n1-c1ccccc1. The van der Waals surface area contributed by atoms with E-state index in [1.54, 1.807) is 16.8 Å². The Morgan fingerprint density at radius 1 is 1.17 bits per heavy atom. The molecule has 3 rings (SSSR count). The van der Waals surface area contributed by atoms with Crippen LogP contribution in [0, 0.1) is 10.6 Å². The molecule has 0 aliphatic rings. The van der Waals surface area contributed by atoms with Crippen molar-refractivity contribution in [2.75, 3.05) is 6.54 Å². The summed E-state index contributed by atoms with van der Waals surface area (Å²) in [7, 11) is 0. The molecule has 0 radical (unpaired) electrons. The van der Waals surface area contributed by atoms with E-state index in [2.05, 4.69) is 10.3 Å². The van der Waals surface area contributed by atoms with Crippen LogP contribution in [0.15, 0.2) is 60.8 Å². The van der Waals surface area contributed by atoms with Crippen LogP contribution in [-0.2, 0) is 6.42 Å². The molecule has 3 aromatic rings. The number of hydrogen-bond donors (Lipinski definition) is 2. The van der Waals surface area contributed by atoms with Crippen molar-refractivity contribution in [2.45, 2.75) is 6.42 Å². The maximum Gasteiger partial charge on any atom is 0.269 e. The van der Waals surface area contributed by atoms with Crippen LogP contribution in [0.5, 0.6) is 0 Å². The van der Waals surface area contributed by atoms with Crippen LogP contribution >= 0.6 is 12.2 Å². The maximum atomic E-state index is 13.2. The van der Waals surface area contributed by atoms with Crippen LogP contribution in [0.4, 0.5) is 4.39 Å². The van der Waals surface area contributed by atoms with Gasteiger partial charge in [-0.15, -0.1) is 0 Å². The van der Waals surface area contributed by atoms with Gasteiger partial charge in [-0.2, -0.15) is 0 Å². The predicted octanol–water partition coefficient (Wildman–Crippen LogP) is 3.65. The number of benzene rings is 2. The predicted molar refractivity (Wildman–Crippen MR) is 93.4 cm³/mol. The van der Waals surface area contributed by atoms with Crippen molar-refractivity contribution in [3.63, 3.8) is 0 Å². The van der Waals surface area contributed by atoms with Gasteiger partial charge in [0.1, 0.15) is 11.5 Å². The molecule has 0 aliphatic carbocycles. The molecular weight excluding hydrogens is 325 g/mol. The second kappa shape index (κ2) is 7.23. The lowest BCUT2D eigenvalue weighted by molar-refractivity contribution is 0.0947. The summed E-state index contributed by atoms with van der Waals surface area (Å²) in [5.41, 5.74) is 2.09. The zero-order chi connectivity index (χ0) is 16.9. The van der Waals surface area contributed by atoms with Crippen LogP contribution in [-0.4, -0.2) is 22.0 Å². The number of para-hydroxylation sites is 1. The highest BCUT2D eigenvalue weighted by Gasteiger charge is 2.13. The second-order valence-electron chi connectivity index (χ2n) is 5.29. The number of carbonyl (C=O) groups excluding carboxylic acids is 1. The molecule has 2 N–H and O–H groups in total. The van der Waals surface area contributed by atoms with Gasteiger partial charge < -0.3 is 10.3 Å². The number of carbonyl (C=O) groups is 1. The van der Waals surface area contributed by atoms with E-state index < -0.39 is 0 Å². The zero-order valence-corrected chi connectivity index (χ0v) is 13.6. The molecule has 0 aliphatic heterocycles. The number of nitrogens with one attached hydrogen (secondary N) is 2. The van der Waals surface area contributed by atoms with Gasteiger partial charge in [0.2, 0.25) is 0 Å². The van der Waals surface area contributed by atoms with Gasteiger partial charge in [0, 0.05) is 18.4 Å². The quantitative estimate of drug-likeness (QED) is 0.696. The van der Waals surface area contributed by atoms with Crippen LogP contribution in [0.25, 0.3) is 5.69 Å². The minimum absolute atomic E-state index is 0.234. The summed E-state index contributed by atoms with van der Waals surface area (Å²) >= 11 is 5.26. The molecule has 0 fully saturated rings. The summed E-state index contributed by atoms with van der Waals surface area (Å²) in [6, 6.07) is 15.8. The van der Waals surface area contributed by atoms with Crippen molar-refractivity contribution in [1.29, 1.82) is 0 Å². The lowest BCUT2D eigenvalue weighted by Gasteiger charge is -2.09. The topological polar surface area (TPSA) is 49.8 Å². The molecule has 0 bridgehead atoms. The number of H-pyrrole nitrogens is 1. The lowest BCUT2D eigenvalue weighted by Crippen LogP contribution is -2.27. The van der Waals surface area contributed by atoms with Gasteiger partial charge in [-0.05, 0) is 48.5 Å². The molecule has 0 spiro atoms. The van der Waals surface area contributed by atoms with Crippen LogP contribution in [0.1, 0.15) is 16.1 Å². The number of aromatic amines is 1. The lowest BCUT2D eigenvalue weighted by atomic mass is 10.1. The maximum absolute atomic E-state index is 13.2. The van der Waals surface area contributed by atoms with E-state index in [1.165, 1.54) is 12.1 Å². The molecule has 1 aromatic heterocycles. The molecule has 24 heavy (non-hydrogen) atoms. The third-order valence-corrected chi connectivity index (χ3v) is 3.91. The summed E-state index contributed by atoms with van der Waals surface area (Å²) in [6.07, 6.45) is 2.15. The van der Waals surface area contributed by atoms with E-state index in [0.717, 1.165) is 11.3 Å². The number of halogens is 1. The van der Waals surface area contributed by atoms with E-state index in [4.69, 9.17) is 12.2 Å². The van der Waals surface area contributed by atoms with Crippen LogP contribution < -0.4 is 5.32 Å². The fourth-order valence-corrected chi connectivity index (χ4v) is 2.74. The van der Waals surface area contributed by atoms with Gasteiger partial charge in [-0.1, -0.05) is 30.3 Å². The van der Waals surface area contributed by atoms with Crippen molar-refractivity contribution in [3.8, 4) is 5.69 Å². The summed E-state index contributed by atoms with van der Waals surface area (Å²) in [5, 5.41) is 2.84. The number of amides is 1. The molecule has 0 atom stereocenters. The van der Waals surface area contributed by atoms with E-state index in [9.17, 15) is 9.18 Å². The molecular formula is C18H16FN3OS. The van der Waals surface area contributed by atoms with Gasteiger partial charge in [0.05, 0.1) is 0 Å². The summed E-state index contributed by atoms with van der Waals surface area (Å²) in [4.78, 5) is 15.3. The zero-order valence-electron chi connectivity index (χ0n) is 12.8. The Labute approximate surface area is 144 Å². The highest BCUT2D eigenvalue weighted by molar-refractivity contribution is 7.71. The molecule has 4 nitrogen and oxygen atoms in total. The molecule has 1 heterocycles. The van der Waals surface area contributed by atoms with Gasteiger partial charge in [-0.25, -0.2) is 4.39 Å². The van der Waals surface area contributed by atoms with Crippen LogP contribution in [0.3, 0.4) is 0 Å². The third kappa shape index (κ3) is 3.60. The smallest absolute Gasteiger partial charge is 0.269 e. The normalized spacial score (nSPS) is 10.5. The minimum atomic E-state index is -0.276. The number of hydrogen-bond acceptors (Lipinski definition) is 2. The monoisotopic (exact) mass is 341 g/mol. The average molecular weight is 341 g/mol. The van der Waals surface area contributed by atoms with Gasteiger partial charge in [0.25, 0.3) is 5.91 Å². The van der Waals surface area contributed by atoms with E-state index >= 15 is 0 Å². The Balaban J connectivity index is 1.71. The Morgan fingerprint density at radius 2 is 1.96 bits per heavy atom. The first-order chi connectivity index (χ1) is 11.6. The number of imidazole rings is 1. The number of rotatable bonds is 5. The third-order valence-electron chi connectivity index (χ3n) is 3.61. The fourth-order valence-electron chi connectivity index (χ4n) is 2.47. The van der Waals surface area contributed by atoms with Gasteiger partial charge in [-0.3, -0.25) is 9.36 Å². The Bertz CT molecular complexity index is 902. The molecule has 2 aromatic carbocycles. The fraction of sp³-hybridized carbons (Fsp3) is 0.111. The standard InChI is InChI=1S/C18H16FN3OS/c19-14-6-4-5-13(11-14)9-10-20-17(23)16-12-21-18(24)22(16)15-7-2-1-3-8-15/h1-8,11-12H,9-10H2,(H,20,23)(H,21,24). The van der Waals surface area contributed by atoms with Gasteiger partial charge in [0.15, 0.2) is 4.77 Å². The van der Waals surface area contributed by atoms with Gasteiger partial charge >= 0.3 is 0 Å². The van der Waals surface area contributed by atoms with Crippen molar-refractivity contribution in [2.24, 2.45) is 0 Å². The van der Waals surface area contributed by atoms with E-state index in [0.29, 0.717) is 23.4 Å². The number of nitrogens with zero attached hydrogens (tertiary/aromatic N) is 1. The van der Waals surface area contributed by atoms with E-state index in [-0.39, 0.29) is 11.7 Å². The first kappa shape index (κ1) is 16.1. The highest BCUT2D eigenvalue weighted by atomic mass is 32.1. The van der Waals surface area contributed by atoms with E-state index in [1.807, 2.05) is 36.4 Å². The first-order valence-corrected chi connectivity index (χ1v) is 7.94. The molecule has 0 saturated heterocycles. The van der Waals surface area contributed by atoms with Crippen LogP contribution in [0.2, 0.25) is 0 Å². The summed E-state index contributed by atoms with van der Waals surface area (Å²) in [6.45, 7) is 0.412. The first-order valence-electron chi connectivity index (χ1n) is 7.53. The van der Waals surface area contributed by atoms with Crippen molar-refractivity contribution >= 4 is 18.1 Å². The second-order valence-corrected chi connectivity index (χ2v) is 5.67. The Kier molecular flexibility index (Phi) is 4.86. The summed E-state index contributed by atoms with van der Waals surface area (Å²) in [5.74, 6) is -0.510. The number of aromatic nitrogens is 2. The summed E-state index contributed by atoms with van der Waals surface area (Å²) < 4.78 is 15.3. The van der Waals surface area contributed by atoms with Crippen molar-refractivity contribution in [1.82, 2.24) is 14.9 Å². The Hall–Kier alpha value is -2.73. The molecule has 6 heteroatoms. The average Bonchev–Trinajstić information content (AvgIpc) is 2.97. The molecule has 0 saturated carbocycles. The minimum Gasteiger partial charge on any atom is -0.350 e. The molecule has 0 unspecified atom stereocenters. The molecule has 1 amide bonds. The molecule has 122 valence electrons. The van der Waals surface area contributed by atoms with Crippen molar-refractivity contribution < 1.29 is 9.18 Å². The highest BCUT2D eigenvalue weighted by Crippen LogP contribution is 2.12.